The molecule has 1 unspecified atom stereocenters. The highest BCUT2D eigenvalue weighted by molar-refractivity contribution is 5.91. The summed E-state index contributed by atoms with van der Waals surface area (Å²) in [5.41, 5.74) is 5.76. The molecule has 0 bridgehead atoms. The second kappa shape index (κ2) is 5.09. The van der Waals surface area contributed by atoms with Crippen molar-refractivity contribution >= 4 is 10.8 Å². The summed E-state index contributed by atoms with van der Waals surface area (Å²) in [5.74, 6) is 0.639. The number of methoxy groups -OCH3 is 1. The number of alkyl halides is 3. The number of halogens is 3. The van der Waals surface area contributed by atoms with Gasteiger partial charge >= 0.3 is 6.18 Å². The van der Waals surface area contributed by atoms with Crippen molar-refractivity contribution in [3.8, 4) is 5.75 Å². The molecule has 5 heteroatoms. The number of hydrogen-bond acceptors (Lipinski definition) is 2. The molecule has 0 aliphatic carbocycles. The number of hydrogen-bond donors (Lipinski definition) is 1. The van der Waals surface area contributed by atoms with Crippen LogP contribution in [-0.4, -0.2) is 19.3 Å². The number of fused-ring (bicyclic) bond motifs is 1. The molecular formula is C14H14F3NO. The molecule has 0 aliphatic rings. The molecule has 2 rings (SSSR count). The molecule has 0 aliphatic heterocycles. The molecule has 0 aromatic heterocycles. The lowest BCUT2D eigenvalue weighted by Crippen LogP contribution is -2.39. The average molecular weight is 269 g/mol. The fourth-order valence-corrected chi connectivity index (χ4v) is 2.04. The molecule has 2 N–H and O–H groups in total. The maximum absolute atomic E-state index is 12.5. The van der Waals surface area contributed by atoms with E-state index in [4.69, 9.17) is 10.5 Å². The maximum Gasteiger partial charge on any atom is 0.403 e. The zero-order valence-electron chi connectivity index (χ0n) is 10.4. The molecular weight excluding hydrogens is 255 g/mol. The largest absolute Gasteiger partial charge is 0.496 e. The van der Waals surface area contributed by atoms with Crippen molar-refractivity contribution in [1.29, 1.82) is 0 Å². The maximum atomic E-state index is 12.5. The smallest absolute Gasteiger partial charge is 0.403 e. The first-order chi connectivity index (χ1) is 8.93. The van der Waals surface area contributed by atoms with Crippen LogP contribution in [0.15, 0.2) is 36.4 Å². The molecule has 1 atom stereocenters. The van der Waals surface area contributed by atoms with Crippen molar-refractivity contribution in [3.63, 3.8) is 0 Å². The van der Waals surface area contributed by atoms with Crippen LogP contribution >= 0.6 is 0 Å². The highest BCUT2D eigenvalue weighted by Crippen LogP contribution is 2.30. The Labute approximate surface area is 109 Å². The van der Waals surface area contributed by atoms with E-state index in [0.717, 1.165) is 10.8 Å². The predicted octanol–water partition coefficient (Wildman–Crippen LogP) is 3.28. The topological polar surface area (TPSA) is 35.2 Å². The van der Waals surface area contributed by atoms with Gasteiger partial charge in [-0.15, -0.1) is 0 Å². The number of benzene rings is 2. The third-order valence-electron chi connectivity index (χ3n) is 3.05. The van der Waals surface area contributed by atoms with Crippen LogP contribution in [0.1, 0.15) is 5.56 Å². The molecule has 0 heterocycles. The molecule has 0 saturated heterocycles. The zero-order chi connectivity index (χ0) is 14.0. The lowest BCUT2D eigenvalue weighted by Gasteiger charge is -2.17. The number of nitrogens with two attached hydrogens (primary N) is 1. The van der Waals surface area contributed by atoms with Crippen LogP contribution < -0.4 is 10.5 Å². The number of ether oxygens (including phenoxy) is 1. The summed E-state index contributed by atoms with van der Waals surface area (Å²) in [4.78, 5) is 0. The molecule has 2 aromatic carbocycles. The van der Waals surface area contributed by atoms with E-state index >= 15 is 0 Å². The average Bonchev–Trinajstić information content (AvgIpc) is 2.38. The van der Waals surface area contributed by atoms with Gasteiger partial charge in [0.25, 0.3) is 0 Å². The minimum atomic E-state index is -4.39. The monoisotopic (exact) mass is 269 g/mol. The first-order valence-electron chi connectivity index (χ1n) is 5.80. The van der Waals surface area contributed by atoms with Gasteiger partial charge in [0.2, 0.25) is 0 Å². The third kappa shape index (κ3) is 2.81. The number of rotatable bonds is 3. The highest BCUT2D eigenvalue weighted by atomic mass is 19.4. The van der Waals surface area contributed by atoms with E-state index in [0.29, 0.717) is 11.3 Å². The van der Waals surface area contributed by atoms with Gasteiger partial charge in [0.15, 0.2) is 0 Å². The molecule has 19 heavy (non-hydrogen) atoms. The quantitative estimate of drug-likeness (QED) is 0.928. The normalized spacial score (nSPS) is 13.5. The second-order valence-electron chi connectivity index (χ2n) is 4.32. The fourth-order valence-electron chi connectivity index (χ4n) is 2.04. The third-order valence-corrected chi connectivity index (χ3v) is 3.05. The summed E-state index contributed by atoms with van der Waals surface area (Å²) >= 11 is 0. The predicted molar refractivity (Wildman–Crippen MR) is 68.2 cm³/mol. The van der Waals surface area contributed by atoms with Gasteiger partial charge in [-0.25, -0.2) is 0 Å². The molecule has 0 amide bonds. The molecule has 0 fully saturated rings. The second-order valence-corrected chi connectivity index (χ2v) is 4.32. The van der Waals surface area contributed by atoms with Crippen molar-refractivity contribution in [1.82, 2.24) is 0 Å². The van der Waals surface area contributed by atoms with E-state index in [1.54, 1.807) is 24.3 Å². The van der Waals surface area contributed by atoms with E-state index < -0.39 is 12.2 Å². The van der Waals surface area contributed by atoms with Gasteiger partial charge in [-0.3, -0.25) is 0 Å². The Balaban J connectivity index is 2.45. The van der Waals surface area contributed by atoms with Crippen LogP contribution in [0.25, 0.3) is 10.8 Å². The standard InChI is InChI=1S/C14H14F3NO/c1-19-12-7-6-9(8-13(18)14(15,16)17)10-4-2-3-5-11(10)12/h2-7,13H,8,18H2,1H3. The summed E-state index contributed by atoms with van der Waals surface area (Å²) in [6.45, 7) is 0. The summed E-state index contributed by atoms with van der Waals surface area (Å²) in [6.07, 6.45) is -4.63. The molecule has 102 valence electrons. The van der Waals surface area contributed by atoms with Crippen LogP contribution in [0.2, 0.25) is 0 Å². The Morgan fingerprint density at radius 2 is 1.74 bits per heavy atom. The lowest BCUT2D eigenvalue weighted by molar-refractivity contribution is -0.147. The summed E-state index contributed by atoms with van der Waals surface area (Å²) < 4.78 is 42.8. The first-order valence-corrected chi connectivity index (χ1v) is 5.80. The minimum Gasteiger partial charge on any atom is -0.496 e. The van der Waals surface area contributed by atoms with Gasteiger partial charge in [0.1, 0.15) is 11.8 Å². The molecule has 0 saturated carbocycles. The Morgan fingerprint density at radius 1 is 1.11 bits per heavy atom. The summed E-state index contributed by atoms with van der Waals surface area (Å²) in [7, 11) is 1.53. The van der Waals surface area contributed by atoms with Crippen LogP contribution in [-0.2, 0) is 6.42 Å². The van der Waals surface area contributed by atoms with E-state index in [1.165, 1.54) is 7.11 Å². The molecule has 0 spiro atoms. The van der Waals surface area contributed by atoms with Crippen molar-refractivity contribution in [3.05, 3.63) is 42.0 Å². The van der Waals surface area contributed by atoms with E-state index in [2.05, 4.69) is 0 Å². The van der Waals surface area contributed by atoms with Gasteiger partial charge in [-0.2, -0.15) is 13.2 Å². The summed E-state index contributed by atoms with van der Waals surface area (Å²) in [6, 6.07) is 8.63. The van der Waals surface area contributed by atoms with Crippen molar-refractivity contribution in [2.24, 2.45) is 5.73 Å². The van der Waals surface area contributed by atoms with Crippen LogP contribution in [0.3, 0.4) is 0 Å². The van der Waals surface area contributed by atoms with Gasteiger partial charge in [0.05, 0.1) is 7.11 Å². The van der Waals surface area contributed by atoms with E-state index in [9.17, 15) is 13.2 Å². The van der Waals surface area contributed by atoms with Gasteiger partial charge < -0.3 is 10.5 Å². The van der Waals surface area contributed by atoms with Gasteiger partial charge in [-0.1, -0.05) is 30.3 Å². The van der Waals surface area contributed by atoms with Gasteiger partial charge in [-0.05, 0) is 23.4 Å². The Kier molecular flexibility index (Phi) is 3.66. The van der Waals surface area contributed by atoms with Crippen LogP contribution in [0.5, 0.6) is 5.75 Å². The van der Waals surface area contributed by atoms with Crippen molar-refractivity contribution in [2.45, 2.75) is 18.6 Å². The molecule has 0 radical (unpaired) electrons. The Hall–Kier alpha value is -1.75. The van der Waals surface area contributed by atoms with E-state index in [-0.39, 0.29) is 6.42 Å². The summed E-state index contributed by atoms with van der Waals surface area (Å²) in [5, 5.41) is 1.53. The van der Waals surface area contributed by atoms with Crippen LogP contribution in [0.4, 0.5) is 13.2 Å². The zero-order valence-corrected chi connectivity index (χ0v) is 10.4. The van der Waals surface area contributed by atoms with E-state index in [1.807, 2.05) is 12.1 Å². The Bertz CT molecular complexity index is 580. The highest BCUT2D eigenvalue weighted by Gasteiger charge is 2.36. The SMILES string of the molecule is COc1ccc(CC(N)C(F)(F)F)c2ccccc12. The van der Waals surface area contributed by atoms with Crippen molar-refractivity contribution in [2.75, 3.05) is 7.11 Å². The lowest BCUT2D eigenvalue weighted by atomic mass is 9.98. The minimum absolute atomic E-state index is 0.242. The molecule has 2 aromatic rings. The Morgan fingerprint density at radius 3 is 2.32 bits per heavy atom. The van der Waals surface area contributed by atoms with Crippen LogP contribution in [0, 0.1) is 0 Å². The fraction of sp³-hybridized carbons (Fsp3) is 0.286. The molecule has 2 nitrogen and oxygen atoms in total. The first kappa shape index (κ1) is 13.7. The van der Waals surface area contributed by atoms with Crippen molar-refractivity contribution < 1.29 is 17.9 Å². The van der Waals surface area contributed by atoms with Gasteiger partial charge in [0, 0.05) is 5.39 Å².